The van der Waals surface area contributed by atoms with Gasteiger partial charge in [0.05, 0.1) is 6.26 Å². The average molecular weight is 301 g/mol. The van der Waals surface area contributed by atoms with E-state index in [2.05, 4.69) is 0 Å². The molecule has 1 saturated carbocycles. The SMILES string of the molecule is O=C(N1CC2CC1(C(=O)O)C2)C1(O)C=COc2ccccc21. The van der Waals surface area contributed by atoms with E-state index in [0.29, 0.717) is 30.7 Å². The van der Waals surface area contributed by atoms with Crippen molar-refractivity contribution in [3.05, 3.63) is 42.2 Å². The second kappa shape index (κ2) is 4.10. The van der Waals surface area contributed by atoms with Gasteiger partial charge in [-0.05, 0) is 30.9 Å². The van der Waals surface area contributed by atoms with E-state index in [1.54, 1.807) is 24.3 Å². The minimum atomic E-state index is -1.88. The molecule has 3 fully saturated rings. The van der Waals surface area contributed by atoms with Gasteiger partial charge in [0.2, 0.25) is 0 Å². The molecule has 4 aliphatic rings. The molecule has 1 aromatic carbocycles. The fraction of sp³-hybridized carbons (Fsp3) is 0.375. The Bertz CT molecular complexity index is 706. The van der Waals surface area contributed by atoms with Gasteiger partial charge >= 0.3 is 5.97 Å². The molecule has 22 heavy (non-hydrogen) atoms. The number of aliphatic carboxylic acids is 1. The van der Waals surface area contributed by atoms with Crippen molar-refractivity contribution in [3.63, 3.8) is 0 Å². The summed E-state index contributed by atoms with van der Waals surface area (Å²) in [5, 5.41) is 20.4. The summed E-state index contributed by atoms with van der Waals surface area (Å²) in [5.41, 5.74) is -2.69. The number of carbonyl (C=O) groups excluding carboxylic acids is 1. The van der Waals surface area contributed by atoms with Crippen molar-refractivity contribution < 1.29 is 24.5 Å². The fourth-order valence-electron chi connectivity index (χ4n) is 3.82. The van der Waals surface area contributed by atoms with Gasteiger partial charge in [0.25, 0.3) is 5.91 Å². The van der Waals surface area contributed by atoms with Gasteiger partial charge in [-0.3, -0.25) is 4.79 Å². The molecule has 114 valence electrons. The maximum atomic E-state index is 12.9. The van der Waals surface area contributed by atoms with Crippen LogP contribution < -0.4 is 4.74 Å². The van der Waals surface area contributed by atoms with Crippen molar-refractivity contribution >= 4 is 11.9 Å². The first-order valence-electron chi connectivity index (χ1n) is 7.19. The summed E-state index contributed by atoms with van der Waals surface area (Å²) in [6.07, 6.45) is 3.48. The Morgan fingerprint density at radius 2 is 2.00 bits per heavy atom. The van der Waals surface area contributed by atoms with Crippen LogP contribution >= 0.6 is 0 Å². The first-order valence-corrected chi connectivity index (χ1v) is 7.19. The lowest BCUT2D eigenvalue weighted by atomic mass is 9.73. The number of amides is 1. The third-order valence-electron chi connectivity index (χ3n) is 4.98. The quantitative estimate of drug-likeness (QED) is 0.846. The third-order valence-corrected chi connectivity index (χ3v) is 4.98. The summed E-state index contributed by atoms with van der Waals surface area (Å²) in [7, 11) is 0. The second-order valence-corrected chi connectivity index (χ2v) is 6.21. The summed E-state index contributed by atoms with van der Waals surface area (Å²) in [4.78, 5) is 25.9. The highest BCUT2D eigenvalue weighted by atomic mass is 16.5. The van der Waals surface area contributed by atoms with Crippen molar-refractivity contribution in [2.75, 3.05) is 6.54 Å². The standard InChI is InChI=1S/C16H15NO5/c18-13(17-9-10-7-15(17,8-10)14(19)20)16(21)5-6-22-12-4-2-1-3-11(12)16/h1-6,10,21H,7-9H2,(H,19,20). The monoisotopic (exact) mass is 301 g/mol. The number of hydrogen-bond acceptors (Lipinski definition) is 4. The van der Waals surface area contributed by atoms with Gasteiger partial charge < -0.3 is 19.8 Å². The number of nitrogens with zero attached hydrogens (tertiary/aromatic N) is 1. The summed E-state index contributed by atoms with van der Waals surface area (Å²) in [5.74, 6) is -0.982. The van der Waals surface area contributed by atoms with Crippen molar-refractivity contribution in [3.8, 4) is 5.75 Å². The van der Waals surface area contributed by atoms with Gasteiger partial charge in [-0.2, -0.15) is 0 Å². The number of para-hydroxylation sites is 1. The fourth-order valence-corrected chi connectivity index (χ4v) is 3.82. The second-order valence-electron chi connectivity index (χ2n) is 6.21. The normalized spacial score (nSPS) is 34.6. The first-order chi connectivity index (χ1) is 10.5. The van der Waals surface area contributed by atoms with Crippen molar-refractivity contribution in [1.82, 2.24) is 4.90 Å². The van der Waals surface area contributed by atoms with Crippen LogP contribution in [0.25, 0.3) is 0 Å². The molecule has 6 nitrogen and oxygen atoms in total. The highest BCUT2D eigenvalue weighted by molar-refractivity contribution is 5.95. The molecular formula is C16H15NO5. The average Bonchev–Trinajstić information content (AvgIpc) is 3.03. The van der Waals surface area contributed by atoms with E-state index in [1.807, 2.05) is 0 Å². The zero-order chi connectivity index (χ0) is 15.5. The zero-order valence-corrected chi connectivity index (χ0v) is 11.7. The molecule has 0 radical (unpaired) electrons. The lowest BCUT2D eigenvalue weighted by molar-refractivity contribution is -0.165. The molecule has 2 bridgehead atoms. The van der Waals surface area contributed by atoms with E-state index in [-0.39, 0.29) is 5.92 Å². The van der Waals surface area contributed by atoms with Crippen LogP contribution in [0.4, 0.5) is 0 Å². The number of hydrogen-bond donors (Lipinski definition) is 2. The number of carbonyl (C=O) groups is 2. The van der Waals surface area contributed by atoms with E-state index in [9.17, 15) is 19.8 Å². The Labute approximate surface area is 126 Å². The number of carboxylic acid groups (broad SMARTS) is 1. The summed E-state index contributed by atoms with van der Waals surface area (Å²) < 4.78 is 5.31. The molecule has 3 aliphatic heterocycles. The number of ether oxygens (including phenoxy) is 1. The molecule has 3 heterocycles. The number of rotatable bonds is 2. The maximum Gasteiger partial charge on any atom is 0.329 e. The Hall–Kier alpha value is -2.34. The van der Waals surface area contributed by atoms with Gasteiger partial charge in [-0.15, -0.1) is 0 Å². The van der Waals surface area contributed by atoms with Gasteiger partial charge in [0.15, 0.2) is 5.60 Å². The molecule has 0 aromatic heterocycles. The van der Waals surface area contributed by atoms with Gasteiger partial charge in [0.1, 0.15) is 11.3 Å². The number of aliphatic hydroxyl groups is 1. The van der Waals surface area contributed by atoms with Crippen LogP contribution in [0.5, 0.6) is 5.75 Å². The third kappa shape index (κ3) is 1.47. The van der Waals surface area contributed by atoms with Gasteiger partial charge in [0, 0.05) is 12.1 Å². The Kier molecular flexibility index (Phi) is 2.49. The van der Waals surface area contributed by atoms with E-state index in [0.717, 1.165) is 0 Å². The maximum absolute atomic E-state index is 12.9. The predicted molar refractivity (Wildman–Crippen MR) is 74.9 cm³/mol. The van der Waals surface area contributed by atoms with E-state index < -0.39 is 23.0 Å². The van der Waals surface area contributed by atoms with Crippen LogP contribution in [0, 0.1) is 5.92 Å². The van der Waals surface area contributed by atoms with E-state index in [4.69, 9.17) is 4.74 Å². The van der Waals surface area contributed by atoms with Crippen LogP contribution in [-0.4, -0.2) is 39.1 Å². The number of fused-ring (bicyclic) bond motifs is 2. The van der Waals surface area contributed by atoms with E-state index in [1.165, 1.54) is 17.2 Å². The summed E-state index contributed by atoms with van der Waals surface area (Å²) in [6, 6.07) is 6.73. The molecule has 1 aromatic rings. The van der Waals surface area contributed by atoms with Crippen LogP contribution in [0.3, 0.4) is 0 Å². The summed E-state index contributed by atoms with van der Waals surface area (Å²) >= 11 is 0. The molecule has 1 amide bonds. The molecule has 6 heteroatoms. The molecule has 1 aliphatic carbocycles. The first kappa shape index (κ1) is 13.3. The lowest BCUT2D eigenvalue weighted by Gasteiger charge is -2.41. The van der Waals surface area contributed by atoms with Crippen LogP contribution in [0.2, 0.25) is 0 Å². The minimum absolute atomic E-state index is 0.211. The van der Waals surface area contributed by atoms with Gasteiger partial charge in [-0.1, -0.05) is 18.2 Å². The highest BCUT2D eigenvalue weighted by Gasteiger charge is 2.65. The van der Waals surface area contributed by atoms with Crippen LogP contribution in [0.1, 0.15) is 18.4 Å². The summed E-state index contributed by atoms with van der Waals surface area (Å²) in [6.45, 7) is 0.379. The van der Waals surface area contributed by atoms with Crippen molar-refractivity contribution in [1.29, 1.82) is 0 Å². The highest BCUT2D eigenvalue weighted by Crippen LogP contribution is 2.52. The number of benzene rings is 1. The molecule has 1 unspecified atom stereocenters. The topological polar surface area (TPSA) is 87.1 Å². The Morgan fingerprint density at radius 1 is 1.27 bits per heavy atom. The van der Waals surface area contributed by atoms with Crippen molar-refractivity contribution in [2.24, 2.45) is 5.92 Å². The number of carboxylic acids is 1. The molecule has 0 spiro atoms. The van der Waals surface area contributed by atoms with E-state index >= 15 is 0 Å². The van der Waals surface area contributed by atoms with Crippen LogP contribution in [-0.2, 0) is 15.2 Å². The smallest absolute Gasteiger partial charge is 0.329 e. The zero-order valence-electron chi connectivity index (χ0n) is 11.7. The largest absolute Gasteiger partial charge is 0.479 e. The van der Waals surface area contributed by atoms with Crippen LogP contribution in [0.15, 0.2) is 36.6 Å². The minimum Gasteiger partial charge on any atom is -0.479 e. The molecule has 5 rings (SSSR count). The molecule has 2 saturated heterocycles. The Balaban J connectivity index is 1.75. The molecule has 1 atom stereocenters. The van der Waals surface area contributed by atoms with Gasteiger partial charge in [-0.25, -0.2) is 4.79 Å². The lowest BCUT2D eigenvalue weighted by Crippen LogP contribution is -2.58. The molecular weight excluding hydrogens is 286 g/mol. The predicted octanol–water partition coefficient (Wildman–Crippen LogP) is 0.856. The molecule has 2 N–H and O–H groups in total. The van der Waals surface area contributed by atoms with Crippen molar-refractivity contribution in [2.45, 2.75) is 24.0 Å². The Morgan fingerprint density at radius 3 is 2.73 bits per heavy atom.